The molecular weight excluding hydrogens is 505 g/mol. The van der Waals surface area contributed by atoms with Crippen LogP contribution in [-0.2, 0) is 36.9 Å². The van der Waals surface area contributed by atoms with Gasteiger partial charge >= 0.3 is 12.1 Å². The Balaban J connectivity index is 1.40. The van der Waals surface area contributed by atoms with Gasteiger partial charge in [-0.15, -0.1) is 0 Å². The van der Waals surface area contributed by atoms with Gasteiger partial charge in [-0.2, -0.15) is 0 Å². The molecule has 9 nitrogen and oxygen atoms in total. The quantitative estimate of drug-likeness (QED) is 0.451. The lowest BCUT2D eigenvalue weighted by molar-refractivity contribution is -0.148. The van der Waals surface area contributed by atoms with Gasteiger partial charge in [-0.25, -0.2) is 14.0 Å². The number of methoxy groups -OCH3 is 1. The van der Waals surface area contributed by atoms with Crippen molar-refractivity contribution in [2.75, 3.05) is 13.7 Å². The van der Waals surface area contributed by atoms with E-state index in [1.54, 1.807) is 6.92 Å². The molecule has 10 heteroatoms. The summed E-state index contributed by atoms with van der Waals surface area (Å²) in [4.78, 5) is 54.9. The number of allylic oxidation sites excluding steroid dienone is 1. The minimum atomic E-state index is -2.87. The zero-order chi connectivity index (χ0) is 31.3. The highest BCUT2D eigenvalue weighted by molar-refractivity contribution is 5.95. The molecule has 2 fully saturated rings. The van der Waals surface area contributed by atoms with E-state index in [4.69, 9.17) is 15.0 Å². The Morgan fingerprint density at radius 1 is 1.21 bits per heavy atom. The minimum Gasteiger partial charge on any atom is -0.467 e. The zero-order valence-corrected chi connectivity index (χ0v) is 22.1. The molecule has 5 atom stereocenters. The first-order chi connectivity index (χ1) is 20.3. The van der Waals surface area contributed by atoms with Crippen molar-refractivity contribution in [1.82, 2.24) is 15.1 Å². The molecule has 3 heterocycles. The molecule has 1 saturated carbocycles. The van der Waals surface area contributed by atoms with E-state index in [2.05, 4.69) is 5.32 Å². The van der Waals surface area contributed by atoms with E-state index in [1.165, 1.54) is 24.1 Å². The van der Waals surface area contributed by atoms with Gasteiger partial charge in [0.25, 0.3) is 0 Å². The third-order valence-electron chi connectivity index (χ3n) is 7.98. The molecule has 1 aromatic rings. The molecular formula is C29H36FN3O6. The second-order valence-corrected chi connectivity index (χ2v) is 10.7. The van der Waals surface area contributed by atoms with Crippen LogP contribution in [0.4, 0.5) is 9.18 Å². The molecule has 1 saturated heterocycles. The van der Waals surface area contributed by atoms with Crippen molar-refractivity contribution in [2.45, 2.75) is 82.5 Å². The first-order valence-corrected chi connectivity index (χ1v) is 13.4. The van der Waals surface area contributed by atoms with E-state index >= 15 is 0 Å². The maximum absolute atomic E-state index is 14.6. The van der Waals surface area contributed by atoms with E-state index in [-0.39, 0.29) is 35.3 Å². The Morgan fingerprint density at radius 3 is 2.79 bits per heavy atom. The number of benzene rings is 1. The molecule has 1 N–H and O–H groups in total. The van der Waals surface area contributed by atoms with Gasteiger partial charge in [-0.3, -0.25) is 14.5 Å². The van der Waals surface area contributed by atoms with Crippen LogP contribution < -0.4 is 5.32 Å². The molecule has 0 bridgehead atoms. The van der Waals surface area contributed by atoms with E-state index in [0.717, 1.165) is 31.7 Å². The number of hydrogen-bond acceptors (Lipinski definition) is 6. The standard InChI is InChI=1S/C29H36FN3O6/c1-18-9-6-4-3-5-7-11-20-14-29(20,27(36)38-2)31-25(34)24-13-21(16-33(24)26(18)35)39-28(37)32-15-19-10-8-12-23(30)22(19)17-32/h7-8,10-12,18,20-21,24H,3-6,9,13-17H2,1-2H3,(H,31,34)/b11-7-/t18-,20+,21+,24-,29+/m0/s1/i15D2,17D2. The van der Waals surface area contributed by atoms with Crippen LogP contribution in [0, 0.1) is 17.7 Å². The Hall–Kier alpha value is -3.43. The van der Waals surface area contributed by atoms with Crippen LogP contribution in [0.1, 0.15) is 68.5 Å². The number of hydrogen-bond donors (Lipinski definition) is 1. The van der Waals surface area contributed by atoms with Crippen molar-refractivity contribution in [3.8, 4) is 0 Å². The van der Waals surface area contributed by atoms with Crippen molar-refractivity contribution in [2.24, 2.45) is 11.8 Å². The lowest BCUT2D eigenvalue weighted by atomic mass is 10.0. The maximum Gasteiger partial charge on any atom is 0.410 e. The van der Waals surface area contributed by atoms with E-state index in [0.29, 0.717) is 12.8 Å². The van der Waals surface area contributed by atoms with Gasteiger partial charge in [0.1, 0.15) is 23.5 Å². The average Bonchev–Trinajstić information content (AvgIpc) is 3.40. The van der Waals surface area contributed by atoms with Crippen LogP contribution in [0.3, 0.4) is 0 Å². The van der Waals surface area contributed by atoms with Crippen LogP contribution in [0.2, 0.25) is 0 Å². The van der Waals surface area contributed by atoms with E-state index < -0.39 is 65.9 Å². The lowest BCUT2D eigenvalue weighted by Crippen LogP contribution is -2.53. The predicted octanol–water partition coefficient (Wildman–Crippen LogP) is 3.45. The number of fused-ring (bicyclic) bond motifs is 3. The number of carbonyl (C=O) groups is 4. The summed E-state index contributed by atoms with van der Waals surface area (Å²) in [7, 11) is 1.24. The average molecular weight is 546 g/mol. The first kappa shape index (κ1) is 22.4. The maximum atomic E-state index is 14.6. The highest BCUT2D eigenvalue weighted by Crippen LogP contribution is 2.46. The number of rotatable bonds is 2. The van der Waals surface area contributed by atoms with Crippen LogP contribution in [0.15, 0.2) is 30.4 Å². The molecule has 39 heavy (non-hydrogen) atoms. The van der Waals surface area contributed by atoms with E-state index in [9.17, 15) is 23.6 Å². The van der Waals surface area contributed by atoms with Crippen LogP contribution in [0.5, 0.6) is 0 Å². The predicted molar refractivity (Wildman–Crippen MR) is 138 cm³/mol. The molecule has 0 aromatic heterocycles. The van der Waals surface area contributed by atoms with Crippen LogP contribution in [-0.4, -0.2) is 65.0 Å². The van der Waals surface area contributed by atoms with Crippen LogP contribution in [0.25, 0.3) is 0 Å². The van der Waals surface area contributed by atoms with Gasteiger partial charge in [-0.05, 0) is 37.3 Å². The summed E-state index contributed by atoms with van der Waals surface area (Å²) in [5.74, 6) is -3.25. The van der Waals surface area contributed by atoms with Crippen LogP contribution >= 0.6 is 0 Å². The molecule has 0 radical (unpaired) electrons. The summed E-state index contributed by atoms with van der Waals surface area (Å²) < 4.78 is 58.9. The number of ether oxygens (including phenoxy) is 2. The van der Waals surface area contributed by atoms with Gasteiger partial charge in [0.15, 0.2) is 0 Å². The van der Waals surface area contributed by atoms with Crippen molar-refractivity contribution >= 4 is 23.9 Å². The van der Waals surface area contributed by atoms with Gasteiger partial charge in [0, 0.05) is 30.3 Å². The Labute approximate surface area is 233 Å². The molecule has 5 rings (SSSR count). The minimum absolute atomic E-state index is 0.158. The fraction of sp³-hybridized carbons (Fsp3) is 0.586. The molecule has 4 aliphatic rings. The fourth-order valence-corrected chi connectivity index (χ4v) is 5.64. The highest BCUT2D eigenvalue weighted by atomic mass is 19.1. The normalized spacial score (nSPS) is 35.8. The fourth-order valence-electron chi connectivity index (χ4n) is 5.64. The number of nitrogens with one attached hydrogen (secondary N) is 1. The number of carbonyl (C=O) groups excluding carboxylic acids is 4. The van der Waals surface area contributed by atoms with Gasteiger partial charge in [0.2, 0.25) is 11.8 Å². The van der Waals surface area contributed by atoms with Crippen molar-refractivity contribution in [3.63, 3.8) is 0 Å². The molecule has 3 amide bonds. The molecule has 1 aliphatic carbocycles. The summed E-state index contributed by atoms with van der Waals surface area (Å²) in [5.41, 5.74) is -2.20. The summed E-state index contributed by atoms with van der Waals surface area (Å²) in [6.07, 6.45) is 5.61. The summed E-state index contributed by atoms with van der Waals surface area (Å²) in [6.45, 7) is -4.03. The Kier molecular flexibility index (Phi) is 6.30. The summed E-state index contributed by atoms with van der Waals surface area (Å²) in [5, 5.41) is 2.80. The van der Waals surface area contributed by atoms with E-state index in [1.807, 2.05) is 12.2 Å². The molecule has 3 aliphatic heterocycles. The van der Waals surface area contributed by atoms with Crippen molar-refractivity contribution < 1.29 is 38.5 Å². The Bertz CT molecular complexity index is 1360. The summed E-state index contributed by atoms with van der Waals surface area (Å²) >= 11 is 0. The molecule has 0 unspecified atom stereocenters. The summed E-state index contributed by atoms with van der Waals surface area (Å²) in [6, 6.07) is 2.31. The Morgan fingerprint density at radius 2 is 2.03 bits per heavy atom. The third-order valence-corrected chi connectivity index (χ3v) is 7.98. The largest absolute Gasteiger partial charge is 0.467 e. The molecule has 0 spiro atoms. The zero-order valence-electron chi connectivity index (χ0n) is 26.1. The lowest BCUT2D eigenvalue weighted by Gasteiger charge is -2.28. The third kappa shape index (κ3) is 5.38. The number of amides is 3. The monoisotopic (exact) mass is 545 g/mol. The molecule has 210 valence electrons. The number of nitrogens with zero attached hydrogens (tertiary/aromatic N) is 2. The topological polar surface area (TPSA) is 105 Å². The van der Waals surface area contributed by atoms with Crippen molar-refractivity contribution in [3.05, 3.63) is 47.3 Å². The smallest absolute Gasteiger partial charge is 0.410 e. The second-order valence-electron chi connectivity index (χ2n) is 10.7. The second kappa shape index (κ2) is 11.0. The highest BCUT2D eigenvalue weighted by Gasteiger charge is 2.62. The first-order valence-electron chi connectivity index (χ1n) is 15.4. The molecule has 1 aromatic carbocycles. The van der Waals surface area contributed by atoms with Gasteiger partial charge in [-0.1, -0.05) is 44.1 Å². The van der Waals surface area contributed by atoms with Crippen molar-refractivity contribution in [1.29, 1.82) is 0 Å². The number of halogens is 1. The SMILES string of the molecule is [2H]C1([2H])c2cccc(F)c2C([2H])([2H])N1C(=O)O[C@@H]1C[C@H]2C(=O)N[C@]3(C(=O)OC)C[C@H]3/C=C\CCCCC[C@H](C)C(=O)N2C1. The van der Waals surface area contributed by atoms with Gasteiger partial charge < -0.3 is 19.7 Å². The van der Waals surface area contributed by atoms with Gasteiger partial charge in [0.05, 0.1) is 25.6 Å². The number of esters is 1.